The summed E-state index contributed by atoms with van der Waals surface area (Å²) in [6.07, 6.45) is 3.42. The highest BCUT2D eigenvalue weighted by Gasteiger charge is 2.25. The molecule has 0 aromatic heterocycles. The van der Waals surface area contributed by atoms with Crippen molar-refractivity contribution in [1.29, 1.82) is 0 Å². The lowest BCUT2D eigenvalue weighted by Crippen LogP contribution is -2.37. The number of hydrogen-bond acceptors (Lipinski definition) is 2. The average molecular weight is 340 g/mol. The monoisotopic (exact) mass is 339 g/mol. The molecule has 0 bridgehead atoms. The maximum absolute atomic E-state index is 10.7. The largest absolute Gasteiger partial charge is 0.481 e. The van der Waals surface area contributed by atoms with Crippen LogP contribution in [-0.4, -0.2) is 29.1 Å². The molecule has 0 radical (unpaired) electrons. The van der Waals surface area contributed by atoms with E-state index >= 15 is 0 Å². The minimum absolute atomic E-state index is 0.294. The molecule has 0 amide bonds. The highest BCUT2D eigenvalue weighted by Crippen LogP contribution is 2.31. The lowest BCUT2D eigenvalue weighted by atomic mass is 9.91. The van der Waals surface area contributed by atoms with E-state index in [1.807, 2.05) is 6.07 Å². The zero-order valence-electron chi connectivity index (χ0n) is 11.9. The fourth-order valence-electron chi connectivity index (χ4n) is 3.02. The highest BCUT2D eigenvalue weighted by molar-refractivity contribution is 9.10. The summed E-state index contributed by atoms with van der Waals surface area (Å²) in [5.74, 6) is -0.161. The molecule has 1 fully saturated rings. The number of aliphatic carboxylic acids is 1. The lowest BCUT2D eigenvalue weighted by Gasteiger charge is -2.37. The molecule has 1 aliphatic heterocycles. The molecule has 1 heterocycles. The van der Waals surface area contributed by atoms with Gasteiger partial charge in [0.25, 0.3) is 0 Å². The van der Waals surface area contributed by atoms with Crippen LogP contribution in [0.5, 0.6) is 0 Å². The SMILES string of the molecule is CC(c1ccccc1Br)N1CCCC(CCC(=O)O)C1. The molecule has 2 unspecified atom stereocenters. The Bertz CT molecular complexity index is 464. The van der Waals surface area contributed by atoms with Crippen molar-refractivity contribution < 1.29 is 9.90 Å². The summed E-state index contributed by atoms with van der Waals surface area (Å²) in [6, 6.07) is 8.72. The molecule has 1 aromatic rings. The standard InChI is InChI=1S/C16H22BrNO2/c1-12(14-6-2-3-7-15(14)17)18-10-4-5-13(11-18)8-9-16(19)20/h2-3,6-7,12-13H,4-5,8-11H2,1H3,(H,19,20). The van der Waals surface area contributed by atoms with Crippen LogP contribution in [0, 0.1) is 5.92 Å². The van der Waals surface area contributed by atoms with Gasteiger partial charge in [-0.2, -0.15) is 0 Å². The molecule has 0 spiro atoms. The number of benzene rings is 1. The summed E-state index contributed by atoms with van der Waals surface area (Å²) >= 11 is 3.62. The minimum atomic E-state index is -0.680. The normalized spacial score (nSPS) is 21.6. The fourth-order valence-corrected chi connectivity index (χ4v) is 3.64. The molecule has 20 heavy (non-hydrogen) atoms. The molecule has 2 atom stereocenters. The van der Waals surface area contributed by atoms with Crippen LogP contribution < -0.4 is 0 Å². The van der Waals surface area contributed by atoms with E-state index in [1.165, 1.54) is 12.0 Å². The van der Waals surface area contributed by atoms with Gasteiger partial charge in [0.2, 0.25) is 0 Å². The third kappa shape index (κ3) is 4.06. The van der Waals surface area contributed by atoms with Crippen LogP contribution in [0.3, 0.4) is 0 Å². The van der Waals surface area contributed by atoms with Crippen LogP contribution in [0.15, 0.2) is 28.7 Å². The van der Waals surface area contributed by atoms with Crippen molar-refractivity contribution in [3.05, 3.63) is 34.3 Å². The predicted molar refractivity (Wildman–Crippen MR) is 83.7 cm³/mol. The zero-order valence-corrected chi connectivity index (χ0v) is 13.5. The molecule has 1 saturated heterocycles. The molecule has 110 valence electrons. The molecular formula is C16H22BrNO2. The molecule has 1 aliphatic rings. The van der Waals surface area contributed by atoms with Gasteiger partial charge < -0.3 is 5.11 Å². The van der Waals surface area contributed by atoms with E-state index in [0.717, 1.165) is 30.4 Å². The number of likely N-dealkylation sites (tertiary alicyclic amines) is 1. The molecule has 2 rings (SSSR count). The topological polar surface area (TPSA) is 40.5 Å². The maximum atomic E-state index is 10.7. The Kier molecular flexibility index (Phi) is 5.61. The van der Waals surface area contributed by atoms with Gasteiger partial charge in [0, 0.05) is 23.5 Å². The maximum Gasteiger partial charge on any atom is 0.303 e. The van der Waals surface area contributed by atoms with Crippen LogP contribution >= 0.6 is 15.9 Å². The zero-order chi connectivity index (χ0) is 14.5. The first kappa shape index (κ1) is 15.5. The quantitative estimate of drug-likeness (QED) is 0.878. The first-order valence-electron chi connectivity index (χ1n) is 7.28. The van der Waals surface area contributed by atoms with Crippen molar-refractivity contribution in [3.8, 4) is 0 Å². The smallest absolute Gasteiger partial charge is 0.303 e. The van der Waals surface area contributed by atoms with Gasteiger partial charge in [-0.1, -0.05) is 34.1 Å². The van der Waals surface area contributed by atoms with Gasteiger partial charge >= 0.3 is 5.97 Å². The summed E-state index contributed by atoms with van der Waals surface area (Å²) < 4.78 is 1.15. The van der Waals surface area contributed by atoms with Crippen LogP contribution in [0.2, 0.25) is 0 Å². The predicted octanol–water partition coefficient (Wildman–Crippen LogP) is 4.09. The summed E-state index contributed by atoms with van der Waals surface area (Å²) in [4.78, 5) is 13.2. The molecule has 0 aliphatic carbocycles. The Morgan fingerprint density at radius 3 is 2.95 bits per heavy atom. The van der Waals surface area contributed by atoms with E-state index < -0.39 is 5.97 Å². The van der Waals surface area contributed by atoms with Crippen LogP contribution in [0.4, 0.5) is 0 Å². The minimum Gasteiger partial charge on any atom is -0.481 e. The number of carbonyl (C=O) groups is 1. The van der Waals surface area contributed by atoms with E-state index in [1.54, 1.807) is 0 Å². The van der Waals surface area contributed by atoms with Crippen molar-refractivity contribution in [3.63, 3.8) is 0 Å². The molecule has 0 saturated carbocycles. The van der Waals surface area contributed by atoms with Crippen molar-refractivity contribution >= 4 is 21.9 Å². The van der Waals surface area contributed by atoms with E-state index in [9.17, 15) is 4.79 Å². The Labute approximate surface area is 129 Å². The molecule has 1 aromatic carbocycles. The number of rotatable bonds is 5. The number of carboxylic acid groups (broad SMARTS) is 1. The summed E-state index contributed by atoms with van der Waals surface area (Å²) in [5.41, 5.74) is 1.31. The second-order valence-electron chi connectivity index (χ2n) is 5.63. The van der Waals surface area contributed by atoms with Gasteiger partial charge in [-0.3, -0.25) is 9.69 Å². The summed E-state index contributed by atoms with van der Waals surface area (Å²) in [6.45, 7) is 4.35. The van der Waals surface area contributed by atoms with E-state index in [0.29, 0.717) is 18.4 Å². The van der Waals surface area contributed by atoms with Crippen LogP contribution in [0.1, 0.15) is 44.2 Å². The summed E-state index contributed by atoms with van der Waals surface area (Å²) in [5, 5.41) is 8.81. The van der Waals surface area contributed by atoms with Crippen molar-refractivity contribution in [2.75, 3.05) is 13.1 Å². The number of carboxylic acids is 1. The molecule has 4 heteroatoms. The molecular weight excluding hydrogens is 318 g/mol. The van der Waals surface area contributed by atoms with Gasteiger partial charge in [-0.25, -0.2) is 0 Å². The Hall–Kier alpha value is -0.870. The van der Waals surface area contributed by atoms with E-state index in [-0.39, 0.29) is 0 Å². The van der Waals surface area contributed by atoms with E-state index in [4.69, 9.17) is 5.11 Å². The number of nitrogens with zero attached hydrogens (tertiary/aromatic N) is 1. The Morgan fingerprint density at radius 1 is 1.50 bits per heavy atom. The van der Waals surface area contributed by atoms with Crippen LogP contribution in [-0.2, 0) is 4.79 Å². The average Bonchev–Trinajstić information content (AvgIpc) is 2.45. The summed E-state index contributed by atoms with van der Waals surface area (Å²) in [7, 11) is 0. The van der Waals surface area contributed by atoms with Gasteiger partial charge in [-0.05, 0) is 50.3 Å². The van der Waals surface area contributed by atoms with Crippen molar-refractivity contribution in [2.45, 2.75) is 38.6 Å². The molecule has 3 nitrogen and oxygen atoms in total. The Balaban J connectivity index is 1.98. The Morgan fingerprint density at radius 2 is 2.25 bits per heavy atom. The first-order chi connectivity index (χ1) is 9.58. The number of piperidine rings is 1. The third-order valence-electron chi connectivity index (χ3n) is 4.22. The second-order valence-corrected chi connectivity index (χ2v) is 6.49. The van der Waals surface area contributed by atoms with Crippen molar-refractivity contribution in [1.82, 2.24) is 4.90 Å². The highest BCUT2D eigenvalue weighted by atomic mass is 79.9. The van der Waals surface area contributed by atoms with Crippen molar-refractivity contribution in [2.24, 2.45) is 5.92 Å². The number of halogens is 1. The van der Waals surface area contributed by atoms with Gasteiger partial charge in [0.15, 0.2) is 0 Å². The van der Waals surface area contributed by atoms with Gasteiger partial charge in [0.1, 0.15) is 0 Å². The number of hydrogen-bond donors (Lipinski definition) is 1. The van der Waals surface area contributed by atoms with Gasteiger partial charge in [-0.15, -0.1) is 0 Å². The second kappa shape index (κ2) is 7.23. The van der Waals surface area contributed by atoms with E-state index in [2.05, 4.69) is 46.0 Å². The molecule has 1 N–H and O–H groups in total. The first-order valence-corrected chi connectivity index (χ1v) is 8.07. The lowest BCUT2D eigenvalue weighted by molar-refractivity contribution is -0.137. The van der Waals surface area contributed by atoms with Gasteiger partial charge in [0.05, 0.1) is 0 Å². The van der Waals surface area contributed by atoms with Crippen LogP contribution in [0.25, 0.3) is 0 Å². The fraction of sp³-hybridized carbons (Fsp3) is 0.562. The third-order valence-corrected chi connectivity index (χ3v) is 4.94.